The van der Waals surface area contributed by atoms with Gasteiger partial charge in [0.05, 0.1) is 5.41 Å². The Morgan fingerprint density at radius 1 is 1.07 bits per heavy atom. The first-order valence-corrected chi connectivity index (χ1v) is 10.5. The molecule has 1 atom stereocenters. The average Bonchev–Trinajstić information content (AvgIpc) is 3.45. The fraction of sp³-hybridized carbons (Fsp3) is 0.440. The average molecular weight is 373 g/mol. The minimum atomic E-state index is -0.455. The first kappa shape index (κ1) is 17.7. The molecule has 0 saturated heterocycles. The second kappa shape index (κ2) is 6.04. The molecule has 1 N–H and O–H groups in total. The Kier molecular flexibility index (Phi) is 3.81. The van der Waals surface area contributed by atoms with Gasteiger partial charge in [0.25, 0.3) is 0 Å². The topological polar surface area (TPSA) is 42.0 Å². The number of hydrogen-bond donors (Lipinski definition) is 1. The maximum absolute atomic E-state index is 13.5. The molecule has 1 fully saturated rings. The summed E-state index contributed by atoms with van der Waals surface area (Å²) in [6.45, 7) is 6.61. The molecule has 28 heavy (non-hydrogen) atoms. The zero-order valence-electron chi connectivity index (χ0n) is 17.0. The van der Waals surface area contributed by atoms with Gasteiger partial charge in [0.1, 0.15) is 5.82 Å². The molecule has 1 aromatic carbocycles. The summed E-state index contributed by atoms with van der Waals surface area (Å²) in [6, 6.07) is 12.7. The second-order valence-electron chi connectivity index (χ2n) is 9.75. The molecule has 2 aliphatic carbocycles. The summed E-state index contributed by atoms with van der Waals surface area (Å²) in [5.41, 5.74) is 5.28. The maximum Gasteiger partial charge on any atom is 0.162 e. The van der Waals surface area contributed by atoms with Gasteiger partial charge in [-0.3, -0.25) is 4.79 Å². The van der Waals surface area contributed by atoms with E-state index >= 15 is 0 Å². The summed E-state index contributed by atoms with van der Waals surface area (Å²) < 4.78 is 0. The molecule has 5 rings (SSSR count). The number of anilines is 1. The number of carbonyl (C=O) groups excluding carboxylic acids is 1. The quantitative estimate of drug-likeness (QED) is 0.783. The fourth-order valence-electron chi connectivity index (χ4n) is 5.29. The lowest BCUT2D eigenvalue weighted by Gasteiger charge is -2.45. The molecule has 0 radical (unpaired) electrons. The molecule has 0 bridgehead atoms. The van der Waals surface area contributed by atoms with Crippen molar-refractivity contribution in [1.82, 2.24) is 4.98 Å². The van der Waals surface area contributed by atoms with Crippen LogP contribution in [-0.2, 0) is 16.6 Å². The molecule has 3 aliphatic rings. The number of rotatable bonds is 3. The molecular formula is C25H28N2O. The van der Waals surface area contributed by atoms with E-state index in [1.54, 1.807) is 0 Å². The molecule has 1 saturated carbocycles. The van der Waals surface area contributed by atoms with Gasteiger partial charge in [-0.05, 0) is 61.1 Å². The van der Waals surface area contributed by atoms with Gasteiger partial charge < -0.3 is 5.32 Å². The van der Waals surface area contributed by atoms with Crippen LogP contribution in [0.4, 0.5) is 5.82 Å². The minimum absolute atomic E-state index is 0.0242. The highest BCUT2D eigenvalue weighted by Gasteiger charge is 2.49. The van der Waals surface area contributed by atoms with Gasteiger partial charge in [-0.1, -0.05) is 44.2 Å². The normalized spacial score (nSPS) is 25.8. The van der Waals surface area contributed by atoms with E-state index in [2.05, 4.69) is 56.4 Å². The number of hydrogen-bond acceptors (Lipinski definition) is 3. The smallest absolute Gasteiger partial charge is 0.162 e. The monoisotopic (exact) mass is 372 g/mol. The number of benzene rings is 1. The van der Waals surface area contributed by atoms with Crippen molar-refractivity contribution in [3.63, 3.8) is 0 Å². The Hall–Kier alpha value is -2.42. The third-order valence-corrected chi connectivity index (χ3v) is 6.74. The van der Waals surface area contributed by atoms with Gasteiger partial charge in [-0.2, -0.15) is 0 Å². The number of allylic oxidation sites excluding steroid dienone is 2. The number of aromatic nitrogens is 1. The van der Waals surface area contributed by atoms with Crippen LogP contribution in [0.2, 0.25) is 0 Å². The number of nitrogens with zero attached hydrogens (tertiary/aromatic N) is 1. The number of carbonyl (C=O) groups is 1. The van der Waals surface area contributed by atoms with Crippen LogP contribution in [0.1, 0.15) is 63.1 Å². The molecule has 1 aromatic heterocycles. The van der Waals surface area contributed by atoms with Crippen LogP contribution >= 0.6 is 0 Å². The van der Waals surface area contributed by atoms with Gasteiger partial charge in [-0.25, -0.2) is 4.98 Å². The summed E-state index contributed by atoms with van der Waals surface area (Å²) in [4.78, 5) is 18.2. The second-order valence-corrected chi connectivity index (χ2v) is 9.75. The van der Waals surface area contributed by atoms with Crippen molar-refractivity contribution in [2.75, 3.05) is 5.32 Å². The fourth-order valence-corrected chi connectivity index (χ4v) is 5.29. The number of ketones is 1. The van der Waals surface area contributed by atoms with E-state index in [0.717, 1.165) is 35.8 Å². The molecule has 3 nitrogen and oxygen atoms in total. The number of fused-ring (bicyclic) bond motifs is 1. The van der Waals surface area contributed by atoms with Crippen LogP contribution < -0.4 is 5.32 Å². The highest BCUT2D eigenvalue weighted by atomic mass is 16.1. The summed E-state index contributed by atoms with van der Waals surface area (Å²) in [5.74, 6) is 1.99. The number of pyridine rings is 1. The van der Waals surface area contributed by atoms with Crippen LogP contribution in [0, 0.1) is 11.3 Å². The Morgan fingerprint density at radius 2 is 1.82 bits per heavy atom. The summed E-state index contributed by atoms with van der Waals surface area (Å²) >= 11 is 0. The largest absolute Gasteiger partial charge is 0.343 e. The SMILES string of the molecule is CC1(C)CC(=O)C2=C(C1)Nc1nccc(CC3CC3)c1[C@]2(C)c1ccccc1. The maximum atomic E-state index is 13.5. The third kappa shape index (κ3) is 2.71. The molecule has 2 aromatic rings. The van der Waals surface area contributed by atoms with E-state index in [1.165, 1.54) is 29.5 Å². The van der Waals surface area contributed by atoms with E-state index in [0.29, 0.717) is 6.42 Å². The third-order valence-electron chi connectivity index (χ3n) is 6.74. The van der Waals surface area contributed by atoms with Crippen molar-refractivity contribution in [3.05, 3.63) is 70.6 Å². The lowest BCUT2D eigenvalue weighted by Crippen LogP contribution is -2.43. The van der Waals surface area contributed by atoms with Crippen LogP contribution in [0.25, 0.3) is 0 Å². The molecule has 1 aliphatic heterocycles. The van der Waals surface area contributed by atoms with Crippen molar-refractivity contribution in [1.29, 1.82) is 0 Å². The molecule has 0 spiro atoms. The van der Waals surface area contributed by atoms with Crippen molar-refractivity contribution in [2.24, 2.45) is 11.3 Å². The summed E-state index contributed by atoms with van der Waals surface area (Å²) in [6.07, 6.45) is 7.11. The van der Waals surface area contributed by atoms with Crippen LogP contribution in [0.15, 0.2) is 53.9 Å². The lowest BCUT2D eigenvalue weighted by atomic mass is 9.61. The zero-order valence-corrected chi connectivity index (χ0v) is 17.0. The lowest BCUT2D eigenvalue weighted by molar-refractivity contribution is -0.118. The number of nitrogens with one attached hydrogen (secondary N) is 1. The van der Waals surface area contributed by atoms with Crippen molar-refractivity contribution < 1.29 is 4.79 Å². The van der Waals surface area contributed by atoms with Crippen LogP contribution in [0.3, 0.4) is 0 Å². The Balaban J connectivity index is 1.77. The van der Waals surface area contributed by atoms with E-state index in [9.17, 15) is 4.79 Å². The predicted molar refractivity (Wildman–Crippen MR) is 112 cm³/mol. The summed E-state index contributed by atoms with van der Waals surface area (Å²) in [7, 11) is 0. The minimum Gasteiger partial charge on any atom is -0.343 e. The standard InChI is InChI=1S/C25H28N2O/c1-24(2)14-19-22(20(28)15-24)25(3,18-7-5-4-6-8-18)21-17(13-16-9-10-16)11-12-26-23(21)27-19/h4-8,11-12,16H,9-10,13-15H2,1-3H3,(H,26,27)/t25-/m0/s1. The predicted octanol–water partition coefficient (Wildman–Crippen LogP) is 5.41. The summed E-state index contributed by atoms with van der Waals surface area (Å²) in [5, 5.41) is 3.59. The molecule has 0 unspecified atom stereocenters. The molecular weight excluding hydrogens is 344 g/mol. The number of Topliss-reactive ketones (excluding diaryl/α,β-unsaturated/α-hetero) is 1. The molecule has 144 valence electrons. The highest BCUT2D eigenvalue weighted by Crippen LogP contribution is 2.53. The van der Waals surface area contributed by atoms with Gasteiger partial charge in [0, 0.05) is 29.5 Å². The van der Waals surface area contributed by atoms with Crippen molar-refractivity contribution >= 4 is 11.6 Å². The van der Waals surface area contributed by atoms with Gasteiger partial charge in [0.15, 0.2) is 5.78 Å². The van der Waals surface area contributed by atoms with Crippen LogP contribution in [-0.4, -0.2) is 10.8 Å². The Bertz CT molecular complexity index is 985. The van der Waals surface area contributed by atoms with E-state index in [-0.39, 0.29) is 11.2 Å². The molecule has 0 amide bonds. The molecule has 3 heteroatoms. The Labute approximate surface area is 167 Å². The van der Waals surface area contributed by atoms with Crippen LogP contribution in [0.5, 0.6) is 0 Å². The van der Waals surface area contributed by atoms with Gasteiger partial charge in [0.2, 0.25) is 0 Å². The van der Waals surface area contributed by atoms with E-state index in [4.69, 9.17) is 4.98 Å². The van der Waals surface area contributed by atoms with Crippen molar-refractivity contribution in [3.8, 4) is 0 Å². The molecule has 2 heterocycles. The first-order valence-electron chi connectivity index (χ1n) is 10.5. The van der Waals surface area contributed by atoms with E-state index in [1.807, 2.05) is 12.3 Å². The zero-order chi connectivity index (χ0) is 19.5. The van der Waals surface area contributed by atoms with E-state index < -0.39 is 5.41 Å². The first-order chi connectivity index (χ1) is 13.4. The highest BCUT2D eigenvalue weighted by molar-refractivity contribution is 6.03. The van der Waals surface area contributed by atoms with Gasteiger partial charge >= 0.3 is 0 Å². The van der Waals surface area contributed by atoms with Gasteiger partial charge in [-0.15, -0.1) is 0 Å². The Morgan fingerprint density at radius 3 is 2.54 bits per heavy atom. The van der Waals surface area contributed by atoms with Crippen molar-refractivity contribution in [2.45, 2.75) is 58.3 Å².